The molecule has 156 valence electrons. The van der Waals surface area contributed by atoms with E-state index in [4.69, 9.17) is 5.10 Å². The molecule has 1 amide bonds. The minimum atomic E-state index is -0.463. The Bertz CT molecular complexity index is 1300. The van der Waals surface area contributed by atoms with Crippen LogP contribution in [0.5, 0.6) is 0 Å². The number of nitrogens with one attached hydrogen (secondary N) is 1. The van der Waals surface area contributed by atoms with E-state index in [1.165, 1.54) is 0 Å². The highest BCUT2D eigenvalue weighted by molar-refractivity contribution is 6.10. The Hall–Kier alpha value is -4.50. The maximum Gasteiger partial charge on any atom is 0.266 e. The summed E-state index contributed by atoms with van der Waals surface area (Å²) in [4.78, 5) is 17.0. The van der Waals surface area contributed by atoms with Crippen LogP contribution in [-0.4, -0.2) is 20.7 Å². The van der Waals surface area contributed by atoms with Crippen LogP contribution in [0.2, 0.25) is 0 Å². The second-order valence-corrected chi connectivity index (χ2v) is 7.30. The highest BCUT2D eigenvalue weighted by Crippen LogP contribution is 2.24. The summed E-state index contributed by atoms with van der Waals surface area (Å²) >= 11 is 0. The van der Waals surface area contributed by atoms with Crippen molar-refractivity contribution in [3.05, 3.63) is 108 Å². The number of benzene rings is 2. The number of amides is 1. The number of nitrogens with zero attached hydrogens (tertiary/aromatic N) is 4. The highest BCUT2D eigenvalue weighted by atomic mass is 16.1. The number of aryl methyl sites for hydroxylation is 1. The van der Waals surface area contributed by atoms with Crippen LogP contribution < -0.4 is 5.32 Å². The molecule has 0 saturated carbocycles. The van der Waals surface area contributed by atoms with E-state index in [-0.39, 0.29) is 5.57 Å². The molecule has 6 heteroatoms. The normalized spacial score (nSPS) is 11.1. The van der Waals surface area contributed by atoms with Crippen molar-refractivity contribution in [2.45, 2.75) is 13.5 Å². The number of carbonyl (C=O) groups excluding carboxylic acids is 1. The number of pyridine rings is 1. The molecule has 32 heavy (non-hydrogen) atoms. The van der Waals surface area contributed by atoms with E-state index in [0.717, 1.165) is 16.7 Å². The topological polar surface area (TPSA) is 83.6 Å². The second kappa shape index (κ2) is 9.54. The first-order chi connectivity index (χ1) is 15.6. The summed E-state index contributed by atoms with van der Waals surface area (Å²) in [5.41, 5.74) is 4.83. The third-order valence-corrected chi connectivity index (χ3v) is 4.97. The van der Waals surface area contributed by atoms with Gasteiger partial charge >= 0.3 is 0 Å². The van der Waals surface area contributed by atoms with Crippen LogP contribution in [0.1, 0.15) is 16.7 Å². The zero-order valence-electron chi connectivity index (χ0n) is 17.6. The van der Waals surface area contributed by atoms with Gasteiger partial charge in [-0.3, -0.25) is 14.5 Å². The summed E-state index contributed by atoms with van der Waals surface area (Å²) in [5.74, 6) is -0.463. The molecule has 0 aliphatic carbocycles. The van der Waals surface area contributed by atoms with Crippen molar-refractivity contribution < 1.29 is 4.79 Å². The molecule has 4 aromatic rings. The van der Waals surface area contributed by atoms with Crippen LogP contribution >= 0.6 is 0 Å². The number of carbonyl (C=O) groups is 1. The van der Waals surface area contributed by atoms with E-state index < -0.39 is 5.91 Å². The van der Waals surface area contributed by atoms with Crippen molar-refractivity contribution >= 4 is 17.7 Å². The van der Waals surface area contributed by atoms with Gasteiger partial charge in [0.05, 0.1) is 6.54 Å². The highest BCUT2D eigenvalue weighted by Gasteiger charge is 2.15. The first kappa shape index (κ1) is 20.8. The minimum Gasteiger partial charge on any atom is -0.321 e. The first-order valence-corrected chi connectivity index (χ1v) is 10.1. The van der Waals surface area contributed by atoms with E-state index in [2.05, 4.69) is 10.3 Å². The molecule has 6 nitrogen and oxygen atoms in total. The molecule has 0 spiro atoms. The van der Waals surface area contributed by atoms with Crippen LogP contribution in [0, 0.1) is 18.3 Å². The van der Waals surface area contributed by atoms with Gasteiger partial charge in [0.15, 0.2) is 0 Å². The molecule has 0 unspecified atom stereocenters. The third-order valence-electron chi connectivity index (χ3n) is 4.97. The standard InChI is InChI=1S/C26H21N5O/c1-19-8-5-6-12-24(19)29-26(32)22(15-27)14-23-18-31(17-20-9-3-2-4-10-20)30-25(23)21-11-7-13-28-16-21/h2-14,16,18H,17H2,1H3,(H,29,32)/b22-14-. The molecular weight excluding hydrogens is 398 g/mol. The smallest absolute Gasteiger partial charge is 0.266 e. The third kappa shape index (κ3) is 4.79. The lowest BCUT2D eigenvalue weighted by molar-refractivity contribution is -0.112. The maximum atomic E-state index is 12.8. The molecule has 2 aromatic heterocycles. The van der Waals surface area contributed by atoms with Crippen LogP contribution in [0.3, 0.4) is 0 Å². The molecule has 0 saturated heterocycles. The van der Waals surface area contributed by atoms with Gasteiger partial charge in [-0.25, -0.2) is 0 Å². The molecule has 0 bridgehead atoms. The Labute approximate surface area is 186 Å². The lowest BCUT2D eigenvalue weighted by Crippen LogP contribution is -2.14. The Morgan fingerprint density at radius 3 is 2.59 bits per heavy atom. The van der Waals surface area contributed by atoms with Crippen molar-refractivity contribution in [1.82, 2.24) is 14.8 Å². The Kier molecular flexibility index (Phi) is 6.19. The Morgan fingerprint density at radius 1 is 1.09 bits per heavy atom. The van der Waals surface area contributed by atoms with E-state index in [1.807, 2.05) is 79.9 Å². The molecule has 1 N–H and O–H groups in total. The summed E-state index contributed by atoms with van der Waals surface area (Å²) in [6, 6.07) is 23.2. The van der Waals surface area contributed by atoms with Crippen LogP contribution in [0.4, 0.5) is 5.69 Å². The summed E-state index contributed by atoms with van der Waals surface area (Å²) < 4.78 is 1.80. The lowest BCUT2D eigenvalue weighted by Gasteiger charge is -2.07. The summed E-state index contributed by atoms with van der Waals surface area (Å²) in [7, 11) is 0. The van der Waals surface area contributed by atoms with Gasteiger partial charge in [0, 0.05) is 35.4 Å². The van der Waals surface area contributed by atoms with E-state index in [0.29, 0.717) is 23.5 Å². The molecule has 0 fully saturated rings. The zero-order valence-corrected chi connectivity index (χ0v) is 17.6. The number of rotatable bonds is 6. The predicted octanol–water partition coefficient (Wildman–Crippen LogP) is 4.85. The SMILES string of the molecule is Cc1ccccc1NC(=O)/C(C#N)=C\c1cn(Cc2ccccc2)nc1-c1cccnc1. The van der Waals surface area contributed by atoms with Crippen molar-refractivity contribution in [2.24, 2.45) is 0 Å². The van der Waals surface area contributed by atoms with Crippen molar-refractivity contribution in [3.63, 3.8) is 0 Å². The van der Waals surface area contributed by atoms with Gasteiger partial charge in [-0.05, 0) is 42.3 Å². The monoisotopic (exact) mass is 419 g/mol. The molecule has 0 radical (unpaired) electrons. The van der Waals surface area contributed by atoms with Gasteiger partial charge in [-0.15, -0.1) is 0 Å². The van der Waals surface area contributed by atoms with Gasteiger partial charge in [0.2, 0.25) is 0 Å². The largest absolute Gasteiger partial charge is 0.321 e. The lowest BCUT2D eigenvalue weighted by atomic mass is 10.1. The molecule has 0 atom stereocenters. The number of hydrogen-bond acceptors (Lipinski definition) is 4. The summed E-state index contributed by atoms with van der Waals surface area (Å²) in [6.07, 6.45) is 6.82. The van der Waals surface area contributed by atoms with Gasteiger partial charge in [-0.2, -0.15) is 10.4 Å². The average Bonchev–Trinajstić information content (AvgIpc) is 3.22. The predicted molar refractivity (Wildman–Crippen MR) is 124 cm³/mol. The fourth-order valence-corrected chi connectivity index (χ4v) is 3.33. The average molecular weight is 419 g/mol. The summed E-state index contributed by atoms with van der Waals surface area (Å²) in [6.45, 7) is 2.47. The van der Waals surface area contributed by atoms with Crippen LogP contribution in [-0.2, 0) is 11.3 Å². The number of aromatic nitrogens is 3. The molecule has 2 heterocycles. The number of anilines is 1. The molecular formula is C26H21N5O. The number of nitriles is 1. The van der Waals surface area contributed by atoms with Gasteiger partial charge in [0.25, 0.3) is 5.91 Å². The van der Waals surface area contributed by atoms with E-state index in [9.17, 15) is 10.1 Å². The molecule has 0 aliphatic heterocycles. The fraction of sp³-hybridized carbons (Fsp3) is 0.0769. The van der Waals surface area contributed by atoms with Crippen molar-refractivity contribution in [3.8, 4) is 17.3 Å². The Balaban J connectivity index is 1.70. The van der Waals surface area contributed by atoms with Crippen LogP contribution in [0.25, 0.3) is 17.3 Å². The van der Waals surface area contributed by atoms with Gasteiger partial charge in [0.1, 0.15) is 17.3 Å². The van der Waals surface area contributed by atoms with Gasteiger partial charge in [-0.1, -0.05) is 48.5 Å². The first-order valence-electron chi connectivity index (χ1n) is 10.1. The summed E-state index contributed by atoms with van der Waals surface area (Å²) in [5, 5.41) is 17.2. The van der Waals surface area contributed by atoms with E-state index in [1.54, 1.807) is 29.2 Å². The fourth-order valence-electron chi connectivity index (χ4n) is 3.33. The number of hydrogen-bond donors (Lipinski definition) is 1. The second-order valence-electron chi connectivity index (χ2n) is 7.30. The Morgan fingerprint density at radius 2 is 1.88 bits per heavy atom. The van der Waals surface area contributed by atoms with Crippen molar-refractivity contribution in [2.75, 3.05) is 5.32 Å². The number of para-hydroxylation sites is 1. The molecule has 0 aliphatic rings. The molecule has 4 rings (SSSR count). The van der Waals surface area contributed by atoms with Crippen LogP contribution in [0.15, 0.2) is 90.9 Å². The minimum absolute atomic E-state index is 0.00217. The maximum absolute atomic E-state index is 12.8. The molecule has 2 aromatic carbocycles. The quantitative estimate of drug-likeness (QED) is 0.358. The van der Waals surface area contributed by atoms with Crippen molar-refractivity contribution in [1.29, 1.82) is 5.26 Å². The zero-order chi connectivity index (χ0) is 22.3. The van der Waals surface area contributed by atoms with E-state index >= 15 is 0 Å². The van der Waals surface area contributed by atoms with Gasteiger partial charge < -0.3 is 5.32 Å².